The number of nitrogens with zero attached hydrogens (tertiary/aromatic N) is 1. The van der Waals surface area contributed by atoms with Crippen molar-refractivity contribution in [3.63, 3.8) is 0 Å². The third kappa shape index (κ3) is 2.71. The molecule has 2 nitrogen and oxygen atoms in total. The van der Waals surface area contributed by atoms with Crippen LogP contribution in [0.15, 0.2) is 17.1 Å². The van der Waals surface area contributed by atoms with E-state index in [1.807, 2.05) is 13.8 Å². The molecule has 0 saturated carbocycles. The van der Waals surface area contributed by atoms with Crippen LogP contribution in [0.25, 0.3) is 0 Å². The van der Waals surface area contributed by atoms with Crippen molar-refractivity contribution < 1.29 is 4.74 Å². The maximum atomic E-state index is 5.82. The number of rotatable bonds is 1. The van der Waals surface area contributed by atoms with E-state index < -0.39 is 0 Å². The van der Waals surface area contributed by atoms with Crippen molar-refractivity contribution in [1.29, 1.82) is 0 Å². The lowest BCUT2D eigenvalue weighted by molar-refractivity contribution is 0.214. The van der Waals surface area contributed by atoms with Crippen LogP contribution < -0.4 is 0 Å². The normalized spacial score (nSPS) is 17.4. The highest BCUT2D eigenvalue weighted by molar-refractivity contribution is 14.1. The SMILES string of the molecule is Cc1cc(I)cc2c1N=C(OC(C)C)CC2(C)C. The van der Waals surface area contributed by atoms with Crippen molar-refractivity contribution >= 4 is 34.2 Å². The fourth-order valence-electron chi connectivity index (χ4n) is 2.38. The highest BCUT2D eigenvalue weighted by atomic mass is 127. The van der Waals surface area contributed by atoms with E-state index >= 15 is 0 Å². The Balaban J connectivity index is 2.53. The first-order chi connectivity index (χ1) is 8.29. The molecule has 98 valence electrons. The molecule has 0 saturated heterocycles. The molecule has 0 amide bonds. The Morgan fingerprint density at radius 2 is 2.00 bits per heavy atom. The van der Waals surface area contributed by atoms with Gasteiger partial charge < -0.3 is 4.74 Å². The highest BCUT2D eigenvalue weighted by Gasteiger charge is 2.32. The topological polar surface area (TPSA) is 21.6 Å². The summed E-state index contributed by atoms with van der Waals surface area (Å²) >= 11 is 2.37. The molecule has 0 bridgehead atoms. The molecular formula is C15H20INO. The largest absolute Gasteiger partial charge is 0.478 e. The third-order valence-electron chi connectivity index (χ3n) is 3.20. The van der Waals surface area contributed by atoms with Gasteiger partial charge >= 0.3 is 0 Å². The monoisotopic (exact) mass is 357 g/mol. The van der Waals surface area contributed by atoms with Gasteiger partial charge in [0.1, 0.15) is 0 Å². The molecule has 1 aromatic rings. The molecule has 1 heterocycles. The number of ether oxygens (including phenoxy) is 1. The van der Waals surface area contributed by atoms with Gasteiger partial charge in [0.15, 0.2) is 5.90 Å². The van der Waals surface area contributed by atoms with Gasteiger partial charge in [-0.3, -0.25) is 0 Å². The molecule has 2 rings (SSSR count). The summed E-state index contributed by atoms with van der Waals surface area (Å²) in [5.74, 6) is 0.867. The lowest BCUT2D eigenvalue weighted by atomic mass is 9.78. The van der Waals surface area contributed by atoms with Crippen LogP contribution in [-0.4, -0.2) is 12.0 Å². The molecule has 0 N–H and O–H groups in total. The first-order valence-electron chi connectivity index (χ1n) is 6.34. The molecule has 1 aliphatic rings. The Labute approximate surface area is 123 Å². The molecule has 0 aliphatic carbocycles. The van der Waals surface area contributed by atoms with Gasteiger partial charge in [0, 0.05) is 15.4 Å². The molecule has 0 spiro atoms. The first kappa shape index (κ1) is 13.8. The van der Waals surface area contributed by atoms with Crippen LogP contribution in [0.5, 0.6) is 0 Å². The maximum absolute atomic E-state index is 5.82. The summed E-state index contributed by atoms with van der Waals surface area (Å²) < 4.78 is 7.10. The van der Waals surface area contributed by atoms with E-state index in [-0.39, 0.29) is 11.5 Å². The number of fused-ring (bicyclic) bond motifs is 1. The quantitative estimate of drug-likeness (QED) is 0.666. The predicted molar refractivity (Wildman–Crippen MR) is 84.9 cm³/mol. The van der Waals surface area contributed by atoms with E-state index in [1.165, 1.54) is 14.7 Å². The zero-order valence-electron chi connectivity index (χ0n) is 11.7. The number of benzene rings is 1. The van der Waals surface area contributed by atoms with Crippen LogP contribution in [-0.2, 0) is 10.2 Å². The van der Waals surface area contributed by atoms with Gasteiger partial charge in [0.2, 0.25) is 0 Å². The smallest absolute Gasteiger partial charge is 0.189 e. The van der Waals surface area contributed by atoms with E-state index in [0.717, 1.165) is 18.0 Å². The van der Waals surface area contributed by atoms with Crippen LogP contribution >= 0.6 is 22.6 Å². The molecule has 0 atom stereocenters. The van der Waals surface area contributed by atoms with Crippen LogP contribution in [0, 0.1) is 10.5 Å². The Bertz CT molecular complexity index is 503. The summed E-state index contributed by atoms with van der Waals surface area (Å²) in [6.07, 6.45) is 1.06. The van der Waals surface area contributed by atoms with Crippen molar-refractivity contribution in [2.45, 2.75) is 52.6 Å². The molecule has 0 aromatic heterocycles. The Morgan fingerprint density at radius 1 is 1.33 bits per heavy atom. The predicted octanol–water partition coefficient (Wildman–Crippen LogP) is 4.74. The Morgan fingerprint density at radius 3 is 2.61 bits per heavy atom. The van der Waals surface area contributed by atoms with E-state index in [0.29, 0.717) is 0 Å². The van der Waals surface area contributed by atoms with Crippen molar-refractivity contribution in [1.82, 2.24) is 0 Å². The van der Waals surface area contributed by atoms with Gasteiger partial charge in [-0.25, -0.2) is 4.99 Å². The van der Waals surface area contributed by atoms with Crippen molar-refractivity contribution in [3.8, 4) is 0 Å². The lowest BCUT2D eigenvalue weighted by Gasteiger charge is -2.32. The molecule has 0 unspecified atom stereocenters. The molecule has 0 radical (unpaired) electrons. The highest BCUT2D eigenvalue weighted by Crippen LogP contribution is 2.42. The molecule has 18 heavy (non-hydrogen) atoms. The second-order valence-corrected chi connectivity index (χ2v) is 7.10. The number of halogens is 1. The second kappa shape index (κ2) is 4.83. The maximum Gasteiger partial charge on any atom is 0.189 e. The summed E-state index contributed by atoms with van der Waals surface area (Å²) in [7, 11) is 0. The van der Waals surface area contributed by atoms with E-state index in [4.69, 9.17) is 9.73 Å². The van der Waals surface area contributed by atoms with E-state index in [1.54, 1.807) is 0 Å². The van der Waals surface area contributed by atoms with Gasteiger partial charge in [-0.15, -0.1) is 0 Å². The second-order valence-electron chi connectivity index (χ2n) is 5.85. The van der Waals surface area contributed by atoms with Gasteiger partial charge in [-0.1, -0.05) is 13.8 Å². The van der Waals surface area contributed by atoms with Crippen LogP contribution in [0.1, 0.15) is 45.2 Å². The summed E-state index contributed by atoms with van der Waals surface area (Å²) in [4.78, 5) is 4.71. The molecule has 1 aliphatic heterocycles. The van der Waals surface area contributed by atoms with Crippen LogP contribution in [0.2, 0.25) is 0 Å². The van der Waals surface area contributed by atoms with Crippen LogP contribution in [0.3, 0.4) is 0 Å². The number of aliphatic imine (C=N–C) groups is 1. The summed E-state index contributed by atoms with van der Waals surface area (Å²) in [6, 6.07) is 4.43. The standard InChI is InChI=1S/C15H20INO/c1-9(2)18-13-8-15(4,5)12-7-11(16)6-10(3)14(12)17-13/h6-7,9H,8H2,1-5H3. The van der Waals surface area contributed by atoms with Gasteiger partial charge in [-0.05, 0) is 66.6 Å². The molecule has 3 heteroatoms. The zero-order chi connectivity index (χ0) is 13.5. The fourth-order valence-corrected chi connectivity index (χ4v) is 3.16. The first-order valence-corrected chi connectivity index (χ1v) is 7.42. The minimum atomic E-state index is 0.0905. The fraction of sp³-hybridized carbons (Fsp3) is 0.533. The van der Waals surface area contributed by atoms with Crippen molar-refractivity contribution in [2.24, 2.45) is 4.99 Å². The molecular weight excluding hydrogens is 337 g/mol. The number of aryl methyl sites for hydroxylation is 1. The summed E-state index contributed by atoms with van der Waals surface area (Å²) in [5.41, 5.74) is 3.76. The number of hydrogen-bond donors (Lipinski definition) is 0. The Hall–Kier alpha value is -0.580. The van der Waals surface area contributed by atoms with E-state index in [2.05, 4.69) is 55.5 Å². The average Bonchev–Trinajstić information content (AvgIpc) is 2.18. The minimum absolute atomic E-state index is 0.0905. The van der Waals surface area contributed by atoms with Crippen molar-refractivity contribution in [2.75, 3.05) is 0 Å². The van der Waals surface area contributed by atoms with Gasteiger partial charge in [-0.2, -0.15) is 0 Å². The van der Waals surface area contributed by atoms with E-state index in [9.17, 15) is 0 Å². The van der Waals surface area contributed by atoms with Crippen LogP contribution in [0.4, 0.5) is 5.69 Å². The van der Waals surface area contributed by atoms with Gasteiger partial charge in [0.05, 0.1) is 11.8 Å². The van der Waals surface area contributed by atoms with Crippen molar-refractivity contribution in [3.05, 3.63) is 26.8 Å². The molecule has 0 fully saturated rings. The average molecular weight is 357 g/mol. The Kier molecular flexibility index (Phi) is 3.72. The number of hydrogen-bond acceptors (Lipinski definition) is 2. The minimum Gasteiger partial charge on any atom is -0.478 e. The zero-order valence-corrected chi connectivity index (χ0v) is 13.8. The molecule has 1 aromatic carbocycles. The van der Waals surface area contributed by atoms with Gasteiger partial charge in [0.25, 0.3) is 0 Å². The lowest BCUT2D eigenvalue weighted by Crippen LogP contribution is -2.28. The summed E-state index contributed by atoms with van der Waals surface area (Å²) in [5, 5.41) is 0. The third-order valence-corrected chi connectivity index (χ3v) is 3.82. The summed E-state index contributed by atoms with van der Waals surface area (Å²) in [6.45, 7) is 10.7.